The first-order chi connectivity index (χ1) is 9.78. The van der Waals surface area contributed by atoms with E-state index in [0.29, 0.717) is 19.1 Å². The topological polar surface area (TPSA) is 53.6 Å². The predicted octanol–water partition coefficient (Wildman–Crippen LogP) is 0.746. The molecule has 0 aromatic rings. The van der Waals surface area contributed by atoms with Crippen LogP contribution < -0.4 is 10.6 Å². The molecule has 0 bridgehead atoms. The van der Waals surface area contributed by atoms with Crippen molar-refractivity contribution in [2.45, 2.75) is 51.2 Å². The Morgan fingerprint density at radius 1 is 1.35 bits per heavy atom. The zero-order valence-corrected chi connectivity index (χ0v) is 12.7. The lowest BCUT2D eigenvalue weighted by Crippen LogP contribution is -2.47. The molecule has 116 valence electrons. The summed E-state index contributed by atoms with van der Waals surface area (Å²) in [6.07, 6.45) is 6.24. The second kappa shape index (κ2) is 8.60. The Labute approximate surface area is 122 Å². The van der Waals surface area contributed by atoms with E-state index in [4.69, 9.17) is 4.74 Å². The molecule has 2 unspecified atom stereocenters. The molecule has 2 atom stereocenters. The average molecular weight is 283 g/mol. The zero-order chi connectivity index (χ0) is 14.2. The first-order valence-electron chi connectivity index (χ1n) is 8.12. The minimum Gasteiger partial charge on any atom is -0.376 e. The number of amides is 1. The van der Waals surface area contributed by atoms with Gasteiger partial charge in [0.1, 0.15) is 0 Å². The van der Waals surface area contributed by atoms with Crippen LogP contribution in [0.4, 0.5) is 0 Å². The van der Waals surface area contributed by atoms with E-state index >= 15 is 0 Å². The second-order valence-corrected chi connectivity index (χ2v) is 5.91. The third-order valence-corrected chi connectivity index (χ3v) is 4.26. The summed E-state index contributed by atoms with van der Waals surface area (Å²) in [7, 11) is 0. The molecule has 2 aliphatic heterocycles. The van der Waals surface area contributed by atoms with Gasteiger partial charge in [0.15, 0.2) is 0 Å². The molecule has 0 aliphatic carbocycles. The van der Waals surface area contributed by atoms with Crippen LogP contribution in [0, 0.1) is 0 Å². The third kappa shape index (κ3) is 5.38. The molecule has 2 saturated heterocycles. The molecule has 0 radical (unpaired) electrons. The summed E-state index contributed by atoms with van der Waals surface area (Å²) in [4.78, 5) is 14.2. The monoisotopic (exact) mass is 283 g/mol. The van der Waals surface area contributed by atoms with Crippen molar-refractivity contribution in [3.05, 3.63) is 0 Å². The van der Waals surface area contributed by atoms with Gasteiger partial charge in [0.25, 0.3) is 0 Å². The number of nitrogens with zero attached hydrogens (tertiary/aromatic N) is 1. The van der Waals surface area contributed by atoms with Crippen molar-refractivity contribution < 1.29 is 9.53 Å². The Morgan fingerprint density at radius 3 is 2.90 bits per heavy atom. The smallest absolute Gasteiger partial charge is 0.234 e. The van der Waals surface area contributed by atoms with Crippen molar-refractivity contribution in [1.29, 1.82) is 0 Å². The molecule has 5 nitrogen and oxygen atoms in total. The summed E-state index contributed by atoms with van der Waals surface area (Å²) in [6.45, 7) is 7.15. The van der Waals surface area contributed by atoms with Gasteiger partial charge in [-0.05, 0) is 38.8 Å². The number of hydrogen-bond acceptors (Lipinski definition) is 4. The summed E-state index contributed by atoms with van der Waals surface area (Å²) in [5.74, 6) is 0.123. The highest BCUT2D eigenvalue weighted by Crippen LogP contribution is 2.11. The fourth-order valence-electron chi connectivity index (χ4n) is 2.99. The van der Waals surface area contributed by atoms with Gasteiger partial charge in [-0.15, -0.1) is 0 Å². The number of carbonyl (C=O) groups excluding carboxylic acids is 1. The summed E-state index contributed by atoms with van der Waals surface area (Å²) in [5.41, 5.74) is 0. The lowest BCUT2D eigenvalue weighted by atomic mass is 10.0. The molecule has 5 heteroatoms. The van der Waals surface area contributed by atoms with Crippen LogP contribution in [0.15, 0.2) is 0 Å². The third-order valence-electron chi connectivity index (χ3n) is 4.26. The van der Waals surface area contributed by atoms with E-state index in [2.05, 4.69) is 22.5 Å². The van der Waals surface area contributed by atoms with Gasteiger partial charge in [0.05, 0.1) is 12.6 Å². The number of piperidine rings is 1. The second-order valence-electron chi connectivity index (χ2n) is 5.91. The lowest BCUT2D eigenvalue weighted by Gasteiger charge is -2.29. The summed E-state index contributed by atoms with van der Waals surface area (Å²) in [6, 6.07) is 0.551. The quantitative estimate of drug-likeness (QED) is 0.724. The van der Waals surface area contributed by atoms with Crippen molar-refractivity contribution in [1.82, 2.24) is 15.5 Å². The van der Waals surface area contributed by atoms with Gasteiger partial charge in [-0.2, -0.15) is 0 Å². The molecule has 2 heterocycles. The molecule has 20 heavy (non-hydrogen) atoms. The maximum Gasteiger partial charge on any atom is 0.234 e. The minimum absolute atomic E-state index is 0.123. The number of hydrogen-bond donors (Lipinski definition) is 2. The molecular weight excluding hydrogens is 254 g/mol. The Kier molecular flexibility index (Phi) is 6.76. The SMILES string of the molecule is CCN(CC(=O)NCC1CCCO1)CC1CCCCN1. The molecule has 0 aromatic heterocycles. The van der Waals surface area contributed by atoms with Crippen LogP contribution in [0.2, 0.25) is 0 Å². The van der Waals surface area contributed by atoms with Crippen molar-refractivity contribution in [2.75, 3.05) is 39.3 Å². The normalized spacial score (nSPS) is 26.9. The van der Waals surface area contributed by atoms with Crippen molar-refractivity contribution >= 4 is 5.91 Å². The van der Waals surface area contributed by atoms with Crippen molar-refractivity contribution in [2.24, 2.45) is 0 Å². The minimum atomic E-state index is 0.123. The standard InChI is InChI=1S/C15H29N3O2/c1-2-18(11-13-6-3-4-8-16-13)12-15(19)17-10-14-7-5-9-20-14/h13-14,16H,2-12H2,1H3,(H,17,19). The number of likely N-dealkylation sites (N-methyl/N-ethyl adjacent to an activating group) is 1. The Hall–Kier alpha value is -0.650. The van der Waals surface area contributed by atoms with E-state index in [-0.39, 0.29) is 12.0 Å². The summed E-state index contributed by atoms with van der Waals surface area (Å²) in [5, 5.41) is 6.54. The Balaban J connectivity index is 1.64. The average Bonchev–Trinajstić information content (AvgIpc) is 2.99. The van der Waals surface area contributed by atoms with E-state index in [9.17, 15) is 4.79 Å². The lowest BCUT2D eigenvalue weighted by molar-refractivity contribution is -0.122. The van der Waals surface area contributed by atoms with Gasteiger partial charge in [-0.25, -0.2) is 0 Å². The van der Waals surface area contributed by atoms with Gasteiger partial charge >= 0.3 is 0 Å². The van der Waals surface area contributed by atoms with Gasteiger partial charge in [-0.1, -0.05) is 13.3 Å². The van der Waals surface area contributed by atoms with Gasteiger partial charge in [-0.3, -0.25) is 9.69 Å². The molecule has 1 amide bonds. The maximum atomic E-state index is 12.0. The number of rotatable bonds is 7. The first kappa shape index (κ1) is 15.7. The van der Waals surface area contributed by atoms with Crippen LogP contribution in [-0.4, -0.2) is 62.3 Å². The van der Waals surface area contributed by atoms with Crippen molar-refractivity contribution in [3.63, 3.8) is 0 Å². The molecule has 0 saturated carbocycles. The fourth-order valence-corrected chi connectivity index (χ4v) is 2.99. The maximum absolute atomic E-state index is 12.0. The van der Waals surface area contributed by atoms with E-state index < -0.39 is 0 Å². The van der Waals surface area contributed by atoms with Crippen LogP contribution >= 0.6 is 0 Å². The van der Waals surface area contributed by atoms with E-state index in [0.717, 1.165) is 39.1 Å². The van der Waals surface area contributed by atoms with Crippen molar-refractivity contribution in [3.8, 4) is 0 Å². The van der Waals surface area contributed by atoms with Crippen LogP contribution in [-0.2, 0) is 9.53 Å². The van der Waals surface area contributed by atoms with Gasteiger partial charge in [0.2, 0.25) is 5.91 Å². The van der Waals surface area contributed by atoms with Gasteiger partial charge in [0, 0.05) is 25.7 Å². The predicted molar refractivity (Wildman–Crippen MR) is 79.7 cm³/mol. The Bertz CT molecular complexity index is 287. The first-order valence-corrected chi connectivity index (χ1v) is 8.12. The highest BCUT2D eigenvalue weighted by Gasteiger charge is 2.19. The molecule has 2 rings (SSSR count). The van der Waals surface area contributed by atoms with Crippen LogP contribution in [0.25, 0.3) is 0 Å². The van der Waals surface area contributed by atoms with E-state index in [1.54, 1.807) is 0 Å². The largest absolute Gasteiger partial charge is 0.376 e. The molecule has 0 aromatic carbocycles. The molecular formula is C15H29N3O2. The van der Waals surface area contributed by atoms with Gasteiger partial charge < -0.3 is 15.4 Å². The van der Waals surface area contributed by atoms with Crippen LogP contribution in [0.3, 0.4) is 0 Å². The number of ether oxygens (including phenoxy) is 1. The summed E-state index contributed by atoms with van der Waals surface area (Å²) >= 11 is 0. The number of nitrogens with one attached hydrogen (secondary N) is 2. The van der Waals surface area contributed by atoms with E-state index in [1.807, 2.05) is 0 Å². The molecule has 2 N–H and O–H groups in total. The number of carbonyl (C=O) groups is 1. The molecule has 2 fully saturated rings. The highest BCUT2D eigenvalue weighted by molar-refractivity contribution is 5.78. The molecule has 2 aliphatic rings. The van der Waals surface area contributed by atoms with Crippen LogP contribution in [0.5, 0.6) is 0 Å². The summed E-state index contributed by atoms with van der Waals surface area (Å²) < 4.78 is 5.52. The Morgan fingerprint density at radius 2 is 2.25 bits per heavy atom. The highest BCUT2D eigenvalue weighted by atomic mass is 16.5. The van der Waals surface area contributed by atoms with Crippen LogP contribution in [0.1, 0.15) is 39.0 Å². The zero-order valence-electron chi connectivity index (χ0n) is 12.7. The molecule has 0 spiro atoms. The fraction of sp³-hybridized carbons (Fsp3) is 0.933. The van der Waals surface area contributed by atoms with E-state index in [1.165, 1.54) is 19.3 Å².